The van der Waals surface area contributed by atoms with E-state index in [9.17, 15) is 9.59 Å². The third-order valence-electron chi connectivity index (χ3n) is 0.918. The molecule has 0 aliphatic carbocycles. The van der Waals surface area contributed by atoms with Crippen molar-refractivity contribution in [3.05, 3.63) is 0 Å². The zero-order chi connectivity index (χ0) is 8.91. The molecule has 0 atom stereocenters. The molecule has 62 valence electrons. The third kappa shape index (κ3) is 3.34. The Kier molecular flexibility index (Phi) is 3.23. The van der Waals surface area contributed by atoms with Crippen LogP contribution in [-0.4, -0.2) is 29.2 Å². The smallest absolute Gasteiger partial charge is 0.350 e. The fraction of sp³-hybridized carbons (Fsp3) is 0.500. The molecule has 5 nitrogen and oxygen atoms in total. The molecule has 0 fully saturated rings. The summed E-state index contributed by atoms with van der Waals surface area (Å²) in [6.07, 6.45) is 1.24. The summed E-state index contributed by atoms with van der Waals surface area (Å²) in [5.74, 6) is -1.14. The van der Waals surface area contributed by atoms with E-state index >= 15 is 0 Å². The number of hydrogen-bond donors (Lipinski definition) is 1. The van der Waals surface area contributed by atoms with Crippen molar-refractivity contribution in [2.45, 2.75) is 19.4 Å². The Morgan fingerprint density at radius 3 is 2.55 bits per heavy atom. The maximum atomic E-state index is 10.3. The van der Waals surface area contributed by atoms with Gasteiger partial charge in [-0.1, -0.05) is 5.16 Å². The summed E-state index contributed by atoms with van der Waals surface area (Å²) >= 11 is 0. The molecule has 0 aromatic carbocycles. The van der Waals surface area contributed by atoms with E-state index < -0.39 is 11.6 Å². The number of hydrogen-bond acceptors (Lipinski definition) is 4. The lowest BCUT2D eigenvalue weighted by molar-refractivity contribution is -0.161. The van der Waals surface area contributed by atoms with E-state index in [4.69, 9.17) is 5.11 Å². The van der Waals surface area contributed by atoms with Crippen molar-refractivity contribution in [1.82, 2.24) is 0 Å². The summed E-state index contributed by atoms with van der Waals surface area (Å²) < 4.78 is 0. The predicted molar refractivity (Wildman–Crippen MR) is 37.4 cm³/mol. The van der Waals surface area contributed by atoms with Gasteiger partial charge in [-0.25, -0.2) is 4.79 Å². The lowest BCUT2D eigenvalue weighted by atomic mass is 10.1. The van der Waals surface area contributed by atoms with Gasteiger partial charge < -0.3 is 9.94 Å². The van der Waals surface area contributed by atoms with Crippen molar-refractivity contribution < 1.29 is 19.5 Å². The normalized spacial score (nSPS) is 11.5. The number of aldehydes is 1. The van der Waals surface area contributed by atoms with E-state index in [1.54, 1.807) is 0 Å². The summed E-state index contributed by atoms with van der Waals surface area (Å²) in [4.78, 5) is 24.5. The van der Waals surface area contributed by atoms with Crippen LogP contribution in [0.1, 0.15) is 13.8 Å². The minimum Gasteiger partial charge on any atom is -0.478 e. The van der Waals surface area contributed by atoms with Gasteiger partial charge in [-0.05, 0) is 13.8 Å². The largest absolute Gasteiger partial charge is 0.478 e. The quantitative estimate of drug-likeness (QED) is 0.357. The van der Waals surface area contributed by atoms with E-state index in [1.807, 2.05) is 0 Å². The van der Waals surface area contributed by atoms with Crippen LogP contribution in [0, 0.1) is 0 Å². The minimum absolute atomic E-state index is 0.401. The van der Waals surface area contributed by atoms with Gasteiger partial charge in [0, 0.05) is 0 Å². The summed E-state index contributed by atoms with van der Waals surface area (Å²) in [6.45, 7) is 2.66. The Morgan fingerprint density at radius 1 is 1.64 bits per heavy atom. The summed E-state index contributed by atoms with van der Waals surface area (Å²) in [6, 6.07) is 0. The van der Waals surface area contributed by atoms with Crippen molar-refractivity contribution in [2.75, 3.05) is 0 Å². The van der Waals surface area contributed by atoms with E-state index in [0.717, 1.165) is 6.21 Å². The van der Waals surface area contributed by atoms with Crippen molar-refractivity contribution in [3.63, 3.8) is 0 Å². The van der Waals surface area contributed by atoms with Gasteiger partial charge in [0.25, 0.3) is 0 Å². The average molecular weight is 159 g/mol. The Hall–Kier alpha value is -1.39. The second-order valence-corrected chi connectivity index (χ2v) is 2.30. The maximum absolute atomic E-state index is 10.3. The molecular formula is C6H9NO4. The van der Waals surface area contributed by atoms with E-state index in [0.29, 0.717) is 6.29 Å². The highest BCUT2D eigenvalue weighted by molar-refractivity contribution is 6.12. The van der Waals surface area contributed by atoms with Gasteiger partial charge in [0.1, 0.15) is 6.21 Å². The van der Waals surface area contributed by atoms with E-state index in [2.05, 4.69) is 9.99 Å². The molecule has 5 heteroatoms. The monoisotopic (exact) mass is 159 g/mol. The molecule has 0 radical (unpaired) electrons. The molecule has 0 heterocycles. The fourth-order valence-electron chi connectivity index (χ4n) is 0.226. The van der Waals surface area contributed by atoms with Crippen molar-refractivity contribution in [3.8, 4) is 0 Å². The molecule has 0 unspecified atom stereocenters. The maximum Gasteiger partial charge on any atom is 0.350 e. The number of aliphatic carboxylic acids is 1. The van der Waals surface area contributed by atoms with Crippen molar-refractivity contribution >= 4 is 18.5 Å². The van der Waals surface area contributed by atoms with E-state index in [-0.39, 0.29) is 0 Å². The van der Waals surface area contributed by atoms with Crippen LogP contribution in [0.15, 0.2) is 5.16 Å². The number of carboxylic acid groups (broad SMARTS) is 1. The predicted octanol–water partition coefficient (Wildman–Crippen LogP) is 0.0509. The number of carbonyl (C=O) groups is 2. The topological polar surface area (TPSA) is 76.0 Å². The molecule has 0 rings (SSSR count). The minimum atomic E-state index is -1.39. The molecule has 1 N–H and O–H groups in total. The molecule has 0 aliphatic rings. The number of carbonyl (C=O) groups excluding carboxylic acids is 1. The van der Waals surface area contributed by atoms with Gasteiger partial charge in [-0.2, -0.15) is 0 Å². The molecule has 0 saturated carbocycles. The van der Waals surface area contributed by atoms with Crippen LogP contribution in [0.2, 0.25) is 0 Å². The first-order valence-corrected chi connectivity index (χ1v) is 2.89. The standard InChI is InChI=1S/C6H9NO4/c1-6(2,5(9)10)11-7-3-4-8/h3-4H,1-2H3,(H,9,10)/b7-3-. The Bertz CT molecular complexity index is 185. The number of carboxylic acids is 1. The zero-order valence-corrected chi connectivity index (χ0v) is 6.27. The highest BCUT2D eigenvalue weighted by Gasteiger charge is 2.29. The highest BCUT2D eigenvalue weighted by atomic mass is 16.7. The highest BCUT2D eigenvalue weighted by Crippen LogP contribution is 2.08. The molecule has 0 bridgehead atoms. The molecule has 0 amide bonds. The summed E-state index contributed by atoms with van der Waals surface area (Å²) in [7, 11) is 0. The zero-order valence-electron chi connectivity index (χ0n) is 6.27. The Balaban J connectivity index is 4.02. The lowest BCUT2D eigenvalue weighted by Crippen LogP contribution is -2.32. The first kappa shape index (κ1) is 9.61. The second-order valence-electron chi connectivity index (χ2n) is 2.30. The van der Waals surface area contributed by atoms with Gasteiger partial charge >= 0.3 is 5.97 Å². The van der Waals surface area contributed by atoms with Crippen LogP contribution in [-0.2, 0) is 14.4 Å². The van der Waals surface area contributed by atoms with Gasteiger partial charge in [0.05, 0.1) is 0 Å². The lowest BCUT2D eigenvalue weighted by Gasteiger charge is -2.15. The number of oxime groups is 1. The fourth-order valence-corrected chi connectivity index (χ4v) is 0.226. The third-order valence-corrected chi connectivity index (χ3v) is 0.918. The van der Waals surface area contributed by atoms with Gasteiger partial charge in [0.2, 0.25) is 5.60 Å². The molecule has 0 saturated heterocycles. The van der Waals surface area contributed by atoms with Crippen LogP contribution in [0.25, 0.3) is 0 Å². The number of rotatable bonds is 4. The second kappa shape index (κ2) is 3.70. The molecule has 0 aromatic rings. The first-order chi connectivity index (χ1) is 5.00. The molecule has 0 aliphatic heterocycles. The molecule has 0 aromatic heterocycles. The number of nitrogens with zero attached hydrogens (tertiary/aromatic N) is 1. The van der Waals surface area contributed by atoms with Crippen LogP contribution in [0.4, 0.5) is 0 Å². The van der Waals surface area contributed by atoms with Gasteiger partial charge in [-0.15, -0.1) is 0 Å². The molecule has 0 spiro atoms. The van der Waals surface area contributed by atoms with Crippen LogP contribution < -0.4 is 0 Å². The van der Waals surface area contributed by atoms with Crippen LogP contribution >= 0.6 is 0 Å². The van der Waals surface area contributed by atoms with Gasteiger partial charge in [-0.3, -0.25) is 4.79 Å². The molecular weight excluding hydrogens is 150 g/mol. The van der Waals surface area contributed by atoms with Gasteiger partial charge in [0.15, 0.2) is 6.29 Å². The van der Waals surface area contributed by atoms with Crippen molar-refractivity contribution in [2.24, 2.45) is 5.16 Å². The summed E-state index contributed by atoms with van der Waals surface area (Å²) in [5.41, 5.74) is -1.39. The van der Waals surface area contributed by atoms with Crippen molar-refractivity contribution in [1.29, 1.82) is 0 Å². The van der Waals surface area contributed by atoms with E-state index in [1.165, 1.54) is 13.8 Å². The molecule has 11 heavy (non-hydrogen) atoms. The van der Waals surface area contributed by atoms with Crippen LogP contribution in [0.5, 0.6) is 0 Å². The first-order valence-electron chi connectivity index (χ1n) is 2.89. The van der Waals surface area contributed by atoms with Crippen LogP contribution in [0.3, 0.4) is 0 Å². The Labute approximate surface area is 63.6 Å². The SMILES string of the molecule is CC(C)(O/N=C\C=O)C(=O)O. The Morgan fingerprint density at radius 2 is 2.18 bits per heavy atom. The summed E-state index contributed by atoms with van der Waals surface area (Å²) in [5, 5.41) is 11.6. The average Bonchev–Trinajstić information content (AvgIpc) is 1.88.